The second-order valence-electron chi connectivity index (χ2n) is 5.52. The van der Waals surface area contributed by atoms with Crippen molar-refractivity contribution in [3.8, 4) is 11.5 Å². The molecule has 0 bridgehead atoms. The molecule has 4 rings (SSSR count). The minimum absolute atomic E-state index is 0.123. The summed E-state index contributed by atoms with van der Waals surface area (Å²) < 4.78 is 10.6. The predicted molar refractivity (Wildman–Crippen MR) is 97.6 cm³/mol. The van der Waals surface area contributed by atoms with Gasteiger partial charge in [0.25, 0.3) is 0 Å². The average molecular weight is 376 g/mol. The van der Waals surface area contributed by atoms with E-state index in [2.05, 4.69) is 15.3 Å². The molecule has 0 saturated carbocycles. The van der Waals surface area contributed by atoms with Crippen molar-refractivity contribution in [1.29, 1.82) is 0 Å². The van der Waals surface area contributed by atoms with Gasteiger partial charge in [-0.05, 0) is 37.3 Å². The summed E-state index contributed by atoms with van der Waals surface area (Å²) in [6, 6.07) is 10.8. The number of aromatic amines is 1. The number of carbonyl (C=O) groups is 1. The van der Waals surface area contributed by atoms with Gasteiger partial charge in [-0.1, -0.05) is 23.4 Å². The molecule has 1 aliphatic heterocycles. The molecule has 1 unspecified atom stereocenters. The first-order valence-electron chi connectivity index (χ1n) is 7.61. The molecule has 1 atom stereocenters. The van der Waals surface area contributed by atoms with Crippen LogP contribution in [0, 0.1) is 0 Å². The van der Waals surface area contributed by atoms with Gasteiger partial charge in [-0.2, -0.15) is 0 Å². The summed E-state index contributed by atoms with van der Waals surface area (Å²) in [5.41, 5.74) is 2.33. The van der Waals surface area contributed by atoms with E-state index in [1.807, 2.05) is 19.1 Å². The Morgan fingerprint density at radius 2 is 2.12 bits per heavy atom. The van der Waals surface area contributed by atoms with Crippen LogP contribution in [0.5, 0.6) is 11.5 Å². The van der Waals surface area contributed by atoms with Gasteiger partial charge in [0.15, 0.2) is 16.7 Å². The van der Waals surface area contributed by atoms with Crippen molar-refractivity contribution in [2.45, 2.75) is 17.3 Å². The molecule has 0 spiro atoms. The van der Waals surface area contributed by atoms with Crippen LogP contribution in [0.3, 0.4) is 0 Å². The van der Waals surface area contributed by atoms with E-state index in [-0.39, 0.29) is 18.0 Å². The van der Waals surface area contributed by atoms with E-state index in [1.54, 1.807) is 24.3 Å². The Morgan fingerprint density at radius 3 is 3.00 bits per heavy atom. The summed E-state index contributed by atoms with van der Waals surface area (Å²) >= 11 is 7.33. The van der Waals surface area contributed by atoms with Gasteiger partial charge in [0, 0.05) is 16.8 Å². The van der Waals surface area contributed by atoms with Crippen molar-refractivity contribution in [2.24, 2.45) is 0 Å². The SMILES string of the molecule is CC(Sc1nc2ccc(Cl)cc2[nH]1)C(=O)Nc1ccc2c(c1)OCO2. The highest BCUT2D eigenvalue weighted by atomic mass is 35.5. The number of fused-ring (bicyclic) bond motifs is 2. The van der Waals surface area contributed by atoms with E-state index < -0.39 is 0 Å². The van der Waals surface area contributed by atoms with Crippen LogP contribution in [0.25, 0.3) is 11.0 Å². The number of benzene rings is 2. The molecule has 8 heteroatoms. The van der Waals surface area contributed by atoms with Gasteiger partial charge >= 0.3 is 0 Å². The normalized spacial score (nSPS) is 13.8. The molecule has 0 fully saturated rings. The summed E-state index contributed by atoms with van der Waals surface area (Å²) in [7, 11) is 0. The van der Waals surface area contributed by atoms with Crippen LogP contribution in [0.15, 0.2) is 41.6 Å². The summed E-state index contributed by atoms with van der Waals surface area (Å²) in [5, 5.41) is 3.86. The van der Waals surface area contributed by atoms with Gasteiger partial charge in [0.05, 0.1) is 16.3 Å². The molecule has 1 aromatic heterocycles. The number of H-pyrrole nitrogens is 1. The zero-order valence-electron chi connectivity index (χ0n) is 13.2. The van der Waals surface area contributed by atoms with Crippen LogP contribution in [0.2, 0.25) is 5.02 Å². The monoisotopic (exact) mass is 375 g/mol. The lowest BCUT2D eigenvalue weighted by Crippen LogP contribution is -2.22. The minimum Gasteiger partial charge on any atom is -0.454 e. The van der Waals surface area contributed by atoms with Crippen molar-refractivity contribution in [1.82, 2.24) is 9.97 Å². The second-order valence-corrected chi connectivity index (χ2v) is 7.29. The summed E-state index contributed by atoms with van der Waals surface area (Å²) in [6.07, 6.45) is 0. The molecule has 1 amide bonds. The third-order valence-corrected chi connectivity index (χ3v) is 4.94. The van der Waals surface area contributed by atoms with E-state index in [4.69, 9.17) is 21.1 Å². The number of amides is 1. The maximum absolute atomic E-state index is 12.4. The highest BCUT2D eigenvalue weighted by Crippen LogP contribution is 2.34. The van der Waals surface area contributed by atoms with Crippen molar-refractivity contribution in [3.05, 3.63) is 41.4 Å². The number of hydrogen-bond acceptors (Lipinski definition) is 5. The largest absolute Gasteiger partial charge is 0.454 e. The molecule has 2 aromatic carbocycles. The zero-order chi connectivity index (χ0) is 17.4. The quantitative estimate of drug-likeness (QED) is 0.672. The number of anilines is 1. The lowest BCUT2D eigenvalue weighted by atomic mass is 10.2. The molecule has 0 saturated heterocycles. The molecule has 2 heterocycles. The highest BCUT2D eigenvalue weighted by molar-refractivity contribution is 8.00. The van der Waals surface area contributed by atoms with Gasteiger partial charge in [-0.3, -0.25) is 4.79 Å². The molecule has 128 valence electrons. The van der Waals surface area contributed by atoms with Crippen LogP contribution >= 0.6 is 23.4 Å². The van der Waals surface area contributed by atoms with Crippen LogP contribution in [-0.4, -0.2) is 27.9 Å². The molecule has 0 aliphatic carbocycles. The molecular weight excluding hydrogens is 362 g/mol. The fraction of sp³-hybridized carbons (Fsp3) is 0.176. The summed E-state index contributed by atoms with van der Waals surface area (Å²) in [5.74, 6) is 1.19. The Hall–Kier alpha value is -2.38. The number of aromatic nitrogens is 2. The number of nitrogens with zero attached hydrogens (tertiary/aromatic N) is 1. The topological polar surface area (TPSA) is 76.2 Å². The number of halogens is 1. The summed E-state index contributed by atoms with van der Waals surface area (Å²) in [4.78, 5) is 20.1. The Bertz CT molecular complexity index is 959. The van der Waals surface area contributed by atoms with E-state index >= 15 is 0 Å². The lowest BCUT2D eigenvalue weighted by Gasteiger charge is -2.11. The van der Waals surface area contributed by atoms with E-state index in [0.29, 0.717) is 27.4 Å². The van der Waals surface area contributed by atoms with E-state index in [1.165, 1.54) is 11.8 Å². The number of imidazole rings is 1. The fourth-order valence-electron chi connectivity index (χ4n) is 2.45. The number of nitrogens with one attached hydrogen (secondary N) is 2. The Morgan fingerprint density at radius 1 is 1.28 bits per heavy atom. The first-order valence-corrected chi connectivity index (χ1v) is 8.87. The van der Waals surface area contributed by atoms with Gasteiger partial charge in [-0.25, -0.2) is 4.98 Å². The highest BCUT2D eigenvalue weighted by Gasteiger charge is 2.19. The van der Waals surface area contributed by atoms with Crippen molar-refractivity contribution in [3.63, 3.8) is 0 Å². The fourth-order valence-corrected chi connectivity index (χ4v) is 3.45. The molecular formula is C17H14ClN3O3S. The standard InChI is InChI=1S/C17H14ClN3O3S/c1-9(25-17-20-12-4-2-10(18)6-13(12)21-17)16(22)19-11-3-5-14-15(7-11)24-8-23-14/h2-7,9H,8H2,1H3,(H,19,22)(H,20,21). The number of ether oxygens (including phenoxy) is 2. The number of hydrogen-bond donors (Lipinski definition) is 2. The number of rotatable bonds is 4. The zero-order valence-corrected chi connectivity index (χ0v) is 14.8. The van der Waals surface area contributed by atoms with Crippen molar-refractivity contribution >= 4 is 46.0 Å². The minimum atomic E-state index is -0.332. The number of carbonyl (C=O) groups excluding carboxylic acids is 1. The Labute approximate surface area is 152 Å². The van der Waals surface area contributed by atoms with E-state index in [9.17, 15) is 4.79 Å². The molecule has 0 radical (unpaired) electrons. The van der Waals surface area contributed by atoms with Crippen LogP contribution in [-0.2, 0) is 4.79 Å². The molecule has 25 heavy (non-hydrogen) atoms. The summed E-state index contributed by atoms with van der Waals surface area (Å²) in [6.45, 7) is 2.03. The van der Waals surface area contributed by atoms with Gasteiger partial charge in [0.2, 0.25) is 12.7 Å². The van der Waals surface area contributed by atoms with Crippen LogP contribution < -0.4 is 14.8 Å². The van der Waals surface area contributed by atoms with Crippen molar-refractivity contribution in [2.75, 3.05) is 12.1 Å². The third-order valence-electron chi connectivity index (χ3n) is 3.72. The smallest absolute Gasteiger partial charge is 0.237 e. The first-order chi connectivity index (χ1) is 12.1. The van der Waals surface area contributed by atoms with E-state index in [0.717, 1.165) is 11.0 Å². The maximum atomic E-state index is 12.4. The van der Waals surface area contributed by atoms with Gasteiger partial charge in [0.1, 0.15) is 0 Å². The third kappa shape index (κ3) is 3.38. The molecule has 6 nitrogen and oxygen atoms in total. The Balaban J connectivity index is 1.44. The van der Waals surface area contributed by atoms with Crippen molar-refractivity contribution < 1.29 is 14.3 Å². The molecule has 1 aliphatic rings. The molecule has 3 aromatic rings. The lowest BCUT2D eigenvalue weighted by molar-refractivity contribution is -0.115. The molecule has 2 N–H and O–H groups in total. The number of thioether (sulfide) groups is 1. The second kappa shape index (κ2) is 6.50. The Kier molecular flexibility index (Phi) is 4.19. The van der Waals surface area contributed by atoms with Gasteiger partial charge in [-0.15, -0.1) is 0 Å². The van der Waals surface area contributed by atoms with Gasteiger partial charge < -0.3 is 19.8 Å². The van der Waals surface area contributed by atoms with Crippen LogP contribution in [0.4, 0.5) is 5.69 Å². The van der Waals surface area contributed by atoms with Crippen LogP contribution in [0.1, 0.15) is 6.92 Å². The predicted octanol–water partition coefficient (Wildman–Crippen LogP) is 4.06. The first kappa shape index (κ1) is 16.1. The average Bonchev–Trinajstić information content (AvgIpc) is 3.19. The maximum Gasteiger partial charge on any atom is 0.237 e.